The zero-order valence-electron chi connectivity index (χ0n) is 12.0. The molecule has 0 aliphatic carbocycles. The van der Waals surface area contributed by atoms with E-state index in [0.717, 1.165) is 17.3 Å². The number of rotatable bonds is 6. The lowest BCUT2D eigenvalue weighted by Crippen LogP contribution is -2.31. The number of fused-ring (bicyclic) bond motifs is 1. The molecule has 0 fully saturated rings. The first-order chi connectivity index (χ1) is 10.1. The lowest BCUT2D eigenvalue weighted by molar-refractivity contribution is -0.120. The number of aromatic nitrogens is 1. The van der Waals surface area contributed by atoms with E-state index in [9.17, 15) is 9.59 Å². The highest BCUT2D eigenvalue weighted by atomic mass is 16.2. The molecule has 0 unspecified atom stereocenters. The van der Waals surface area contributed by atoms with E-state index in [1.165, 1.54) is 0 Å². The lowest BCUT2D eigenvalue weighted by Gasteiger charge is -2.04. The number of carbonyl (C=O) groups is 2. The Kier molecular flexibility index (Phi) is 4.81. The summed E-state index contributed by atoms with van der Waals surface area (Å²) in [5.41, 5.74) is 7.64. The molecule has 0 aliphatic heterocycles. The maximum absolute atomic E-state index is 12.0. The van der Waals surface area contributed by atoms with Crippen molar-refractivity contribution in [3.8, 4) is 0 Å². The van der Waals surface area contributed by atoms with E-state index in [1.54, 1.807) is 12.1 Å². The summed E-state index contributed by atoms with van der Waals surface area (Å²) >= 11 is 0. The Labute approximate surface area is 123 Å². The van der Waals surface area contributed by atoms with Crippen molar-refractivity contribution < 1.29 is 9.59 Å². The van der Waals surface area contributed by atoms with Crippen molar-refractivity contribution in [3.05, 3.63) is 30.0 Å². The van der Waals surface area contributed by atoms with E-state index < -0.39 is 0 Å². The van der Waals surface area contributed by atoms with Gasteiger partial charge < -0.3 is 21.4 Å². The molecule has 112 valence electrons. The number of nitrogens with one attached hydrogen (secondary N) is 3. The molecule has 1 heterocycles. The largest absolute Gasteiger partial charge is 0.397 e. The molecule has 0 atom stereocenters. The Morgan fingerprint density at radius 3 is 2.76 bits per heavy atom. The molecule has 2 rings (SSSR count). The minimum Gasteiger partial charge on any atom is -0.397 e. The Morgan fingerprint density at radius 1 is 1.24 bits per heavy atom. The number of H-pyrrole nitrogens is 1. The van der Waals surface area contributed by atoms with Gasteiger partial charge in [-0.25, -0.2) is 0 Å². The van der Waals surface area contributed by atoms with Crippen LogP contribution in [0.5, 0.6) is 0 Å². The first-order valence-electron chi connectivity index (χ1n) is 7.04. The fraction of sp³-hybridized carbons (Fsp3) is 0.333. The van der Waals surface area contributed by atoms with Gasteiger partial charge in [-0.1, -0.05) is 19.1 Å². The number of hydrogen-bond acceptors (Lipinski definition) is 3. The van der Waals surface area contributed by atoms with Crippen LogP contribution in [0.15, 0.2) is 24.3 Å². The molecule has 1 aromatic heterocycles. The van der Waals surface area contributed by atoms with Crippen LogP contribution in [-0.4, -0.2) is 29.9 Å². The number of benzene rings is 1. The van der Waals surface area contributed by atoms with E-state index in [1.807, 2.05) is 19.1 Å². The molecule has 1 aromatic carbocycles. The summed E-state index contributed by atoms with van der Waals surface area (Å²) in [6.07, 6.45) is 1.17. The van der Waals surface area contributed by atoms with Crippen LogP contribution in [0.1, 0.15) is 30.3 Å². The highest BCUT2D eigenvalue weighted by Crippen LogP contribution is 2.20. The zero-order valence-corrected chi connectivity index (χ0v) is 12.0. The minimum atomic E-state index is -0.242. The summed E-state index contributed by atoms with van der Waals surface area (Å²) in [5.74, 6) is -0.299. The third-order valence-electron chi connectivity index (χ3n) is 3.14. The summed E-state index contributed by atoms with van der Waals surface area (Å²) in [6.45, 7) is 2.96. The number of carbonyl (C=O) groups excluding carboxylic acids is 2. The van der Waals surface area contributed by atoms with E-state index >= 15 is 0 Å². The summed E-state index contributed by atoms with van der Waals surface area (Å²) in [4.78, 5) is 26.4. The quantitative estimate of drug-likeness (QED) is 0.604. The van der Waals surface area contributed by atoms with Gasteiger partial charge in [0.15, 0.2) is 0 Å². The van der Waals surface area contributed by atoms with Gasteiger partial charge in [-0.3, -0.25) is 9.59 Å². The SMILES string of the molecule is CCCNC(=O)CCNC(=O)c1cc2cccc(N)c2[nH]1. The van der Waals surface area contributed by atoms with Crippen molar-refractivity contribution >= 4 is 28.4 Å². The van der Waals surface area contributed by atoms with Gasteiger partial charge in [0.2, 0.25) is 5.91 Å². The molecule has 2 aromatic rings. The third kappa shape index (κ3) is 3.75. The topological polar surface area (TPSA) is 100 Å². The first-order valence-corrected chi connectivity index (χ1v) is 7.04. The zero-order chi connectivity index (χ0) is 15.2. The standard InChI is InChI=1S/C15H20N4O2/c1-2-7-17-13(20)6-8-18-15(21)12-9-10-4-3-5-11(16)14(10)19-12/h3-5,9,19H,2,6-8,16H2,1H3,(H,17,20)(H,18,21). The molecule has 0 saturated carbocycles. The van der Waals surface area contributed by atoms with Crippen molar-refractivity contribution in [1.82, 2.24) is 15.6 Å². The van der Waals surface area contributed by atoms with Gasteiger partial charge >= 0.3 is 0 Å². The minimum absolute atomic E-state index is 0.0574. The van der Waals surface area contributed by atoms with Gasteiger partial charge in [-0.15, -0.1) is 0 Å². The van der Waals surface area contributed by atoms with Crippen LogP contribution < -0.4 is 16.4 Å². The van der Waals surface area contributed by atoms with Crippen LogP contribution in [0.25, 0.3) is 10.9 Å². The predicted octanol–water partition coefficient (Wildman–Crippen LogP) is 1.40. The van der Waals surface area contributed by atoms with Crippen LogP contribution in [-0.2, 0) is 4.79 Å². The van der Waals surface area contributed by atoms with E-state index in [-0.39, 0.29) is 18.2 Å². The van der Waals surface area contributed by atoms with Crippen molar-refractivity contribution in [3.63, 3.8) is 0 Å². The molecular weight excluding hydrogens is 268 g/mol. The molecule has 6 nitrogen and oxygen atoms in total. The maximum Gasteiger partial charge on any atom is 0.267 e. The lowest BCUT2D eigenvalue weighted by atomic mass is 10.2. The highest BCUT2D eigenvalue weighted by molar-refractivity contribution is 6.00. The van der Waals surface area contributed by atoms with E-state index in [2.05, 4.69) is 15.6 Å². The molecule has 6 heteroatoms. The second-order valence-corrected chi connectivity index (χ2v) is 4.85. The van der Waals surface area contributed by atoms with Crippen LogP contribution in [0, 0.1) is 0 Å². The predicted molar refractivity (Wildman–Crippen MR) is 83.0 cm³/mol. The summed E-state index contributed by atoms with van der Waals surface area (Å²) < 4.78 is 0. The van der Waals surface area contributed by atoms with Gasteiger partial charge in [0.05, 0.1) is 11.2 Å². The van der Waals surface area contributed by atoms with Gasteiger partial charge in [-0.2, -0.15) is 0 Å². The summed E-state index contributed by atoms with van der Waals surface area (Å²) in [6, 6.07) is 7.25. The number of aromatic amines is 1. The Bertz CT molecular complexity index is 648. The number of amides is 2. The molecule has 5 N–H and O–H groups in total. The molecule has 0 bridgehead atoms. The Hall–Kier alpha value is -2.50. The van der Waals surface area contributed by atoms with Gasteiger partial charge in [0.1, 0.15) is 5.69 Å². The van der Waals surface area contributed by atoms with E-state index in [4.69, 9.17) is 5.73 Å². The molecule has 0 radical (unpaired) electrons. The fourth-order valence-corrected chi connectivity index (χ4v) is 2.04. The van der Waals surface area contributed by atoms with Crippen LogP contribution in [0.3, 0.4) is 0 Å². The van der Waals surface area contributed by atoms with Gasteiger partial charge in [0, 0.05) is 24.9 Å². The molecule has 0 spiro atoms. The van der Waals surface area contributed by atoms with Crippen LogP contribution >= 0.6 is 0 Å². The molecule has 21 heavy (non-hydrogen) atoms. The van der Waals surface area contributed by atoms with Crippen LogP contribution in [0.4, 0.5) is 5.69 Å². The number of anilines is 1. The fourth-order valence-electron chi connectivity index (χ4n) is 2.04. The van der Waals surface area contributed by atoms with Crippen molar-refractivity contribution in [2.24, 2.45) is 0 Å². The first kappa shape index (κ1) is 14.9. The average molecular weight is 288 g/mol. The Balaban J connectivity index is 1.90. The van der Waals surface area contributed by atoms with Crippen molar-refractivity contribution in [2.45, 2.75) is 19.8 Å². The summed E-state index contributed by atoms with van der Waals surface area (Å²) in [5, 5.41) is 6.36. The van der Waals surface area contributed by atoms with Crippen molar-refractivity contribution in [2.75, 3.05) is 18.8 Å². The van der Waals surface area contributed by atoms with Crippen LogP contribution in [0.2, 0.25) is 0 Å². The van der Waals surface area contributed by atoms with Gasteiger partial charge in [0.25, 0.3) is 5.91 Å². The Morgan fingerprint density at radius 2 is 2.05 bits per heavy atom. The second kappa shape index (κ2) is 6.78. The smallest absolute Gasteiger partial charge is 0.267 e. The monoisotopic (exact) mass is 288 g/mol. The molecule has 0 saturated heterocycles. The highest BCUT2D eigenvalue weighted by Gasteiger charge is 2.10. The maximum atomic E-state index is 12.0. The average Bonchev–Trinajstić information content (AvgIpc) is 2.90. The number of para-hydroxylation sites is 1. The molecule has 2 amide bonds. The number of nitrogen functional groups attached to an aromatic ring is 1. The molecular formula is C15H20N4O2. The third-order valence-corrected chi connectivity index (χ3v) is 3.14. The second-order valence-electron chi connectivity index (χ2n) is 4.85. The number of hydrogen-bond donors (Lipinski definition) is 4. The normalized spacial score (nSPS) is 10.5. The number of nitrogens with two attached hydrogens (primary N) is 1. The molecule has 0 aliphatic rings. The van der Waals surface area contributed by atoms with Crippen molar-refractivity contribution in [1.29, 1.82) is 0 Å². The van der Waals surface area contributed by atoms with E-state index in [0.29, 0.717) is 24.5 Å². The van der Waals surface area contributed by atoms with Gasteiger partial charge in [-0.05, 0) is 18.6 Å². The summed E-state index contributed by atoms with van der Waals surface area (Å²) in [7, 11) is 0.